The smallest absolute Gasteiger partial charge is 0.141 e. The second kappa shape index (κ2) is 11.8. The maximum atomic E-state index is 14.3. The van der Waals surface area contributed by atoms with Crippen LogP contribution in [-0.2, 0) is 22.6 Å². The van der Waals surface area contributed by atoms with Crippen LogP contribution in [0.5, 0.6) is 0 Å². The average molecular weight is 494 g/mol. The fraction of sp³-hybridized carbons (Fsp3) is 0.414. The first-order valence-electron chi connectivity index (χ1n) is 12.5. The SMILES string of the molecule is Cc1cc(C)cc(COCCc2cnc(C)nc2C2CCN(C(C=O)c3c(F)cccc3F)CC2)c1. The number of aromatic nitrogens is 2. The van der Waals surface area contributed by atoms with Gasteiger partial charge in [-0.05, 0) is 76.4 Å². The van der Waals surface area contributed by atoms with E-state index in [1.165, 1.54) is 29.3 Å². The Morgan fingerprint density at radius 2 is 1.75 bits per heavy atom. The van der Waals surface area contributed by atoms with Crippen molar-refractivity contribution in [2.24, 2.45) is 0 Å². The van der Waals surface area contributed by atoms with Crippen LogP contribution in [0.15, 0.2) is 42.6 Å². The number of carbonyl (C=O) groups excluding carboxylic acids is 1. The summed E-state index contributed by atoms with van der Waals surface area (Å²) in [5, 5.41) is 0. The molecule has 2 aromatic carbocycles. The summed E-state index contributed by atoms with van der Waals surface area (Å²) in [5.41, 5.74) is 5.51. The van der Waals surface area contributed by atoms with Crippen LogP contribution in [-0.4, -0.2) is 40.9 Å². The molecule has 7 heteroatoms. The van der Waals surface area contributed by atoms with Crippen LogP contribution in [0.1, 0.15) is 64.1 Å². The van der Waals surface area contributed by atoms with Gasteiger partial charge in [0.05, 0.1) is 24.9 Å². The van der Waals surface area contributed by atoms with Gasteiger partial charge >= 0.3 is 0 Å². The normalized spacial score (nSPS) is 15.7. The number of piperidine rings is 1. The molecule has 1 saturated heterocycles. The predicted octanol–water partition coefficient (Wildman–Crippen LogP) is 5.56. The minimum Gasteiger partial charge on any atom is -0.376 e. The first-order chi connectivity index (χ1) is 17.4. The number of rotatable bonds is 9. The Hall–Kier alpha value is -3.03. The van der Waals surface area contributed by atoms with Gasteiger partial charge in [0.25, 0.3) is 0 Å². The van der Waals surface area contributed by atoms with E-state index in [9.17, 15) is 13.6 Å². The molecule has 2 heterocycles. The van der Waals surface area contributed by atoms with Crippen LogP contribution in [0.25, 0.3) is 0 Å². The average Bonchev–Trinajstić information content (AvgIpc) is 2.84. The Balaban J connectivity index is 1.39. The number of nitrogens with zero attached hydrogens (tertiary/aromatic N) is 3. The Bertz CT molecular complexity index is 1170. The van der Waals surface area contributed by atoms with Gasteiger partial charge in [-0.15, -0.1) is 0 Å². The highest BCUT2D eigenvalue weighted by Gasteiger charge is 2.31. The third kappa shape index (κ3) is 6.20. The van der Waals surface area contributed by atoms with E-state index >= 15 is 0 Å². The lowest BCUT2D eigenvalue weighted by Gasteiger charge is -2.36. The van der Waals surface area contributed by atoms with E-state index in [0.29, 0.717) is 44.8 Å². The summed E-state index contributed by atoms with van der Waals surface area (Å²) < 4.78 is 34.6. The highest BCUT2D eigenvalue weighted by molar-refractivity contribution is 5.62. The van der Waals surface area contributed by atoms with Gasteiger partial charge in [0.15, 0.2) is 0 Å². The van der Waals surface area contributed by atoms with Crippen LogP contribution in [0.4, 0.5) is 8.78 Å². The first-order valence-corrected chi connectivity index (χ1v) is 12.5. The lowest BCUT2D eigenvalue weighted by Crippen LogP contribution is -2.38. The minimum absolute atomic E-state index is 0.175. The molecule has 5 nitrogen and oxygen atoms in total. The van der Waals surface area contributed by atoms with Crippen molar-refractivity contribution in [2.75, 3.05) is 19.7 Å². The summed E-state index contributed by atoms with van der Waals surface area (Å²) in [6, 6.07) is 9.20. The van der Waals surface area contributed by atoms with Crippen molar-refractivity contribution in [3.05, 3.63) is 93.6 Å². The number of aryl methyl sites for hydroxylation is 3. The van der Waals surface area contributed by atoms with E-state index in [-0.39, 0.29) is 11.5 Å². The first kappa shape index (κ1) is 26.0. The van der Waals surface area contributed by atoms with Crippen LogP contribution in [0, 0.1) is 32.4 Å². The lowest BCUT2D eigenvalue weighted by molar-refractivity contribution is -0.113. The quantitative estimate of drug-likeness (QED) is 0.289. The van der Waals surface area contributed by atoms with Crippen LogP contribution in [0.3, 0.4) is 0 Å². The van der Waals surface area contributed by atoms with Gasteiger partial charge < -0.3 is 9.53 Å². The molecule has 1 atom stereocenters. The number of benzene rings is 2. The molecule has 0 bridgehead atoms. The maximum Gasteiger partial charge on any atom is 0.141 e. The number of hydrogen-bond donors (Lipinski definition) is 0. The van der Waals surface area contributed by atoms with Gasteiger partial charge in [0.2, 0.25) is 0 Å². The number of ether oxygens (including phenoxy) is 1. The second-order valence-electron chi connectivity index (χ2n) is 9.65. The molecule has 0 amide bonds. The largest absolute Gasteiger partial charge is 0.376 e. The number of hydrogen-bond acceptors (Lipinski definition) is 5. The molecule has 3 aromatic rings. The zero-order valence-electron chi connectivity index (χ0n) is 21.1. The van der Waals surface area contributed by atoms with Crippen molar-refractivity contribution < 1.29 is 18.3 Å². The molecule has 1 aromatic heterocycles. The molecule has 0 spiro atoms. The number of likely N-dealkylation sites (tertiary alicyclic amines) is 1. The summed E-state index contributed by atoms with van der Waals surface area (Å²) >= 11 is 0. The molecule has 1 fully saturated rings. The van der Waals surface area contributed by atoms with E-state index in [2.05, 4.69) is 37.0 Å². The highest BCUT2D eigenvalue weighted by atomic mass is 19.1. The van der Waals surface area contributed by atoms with Gasteiger partial charge in [-0.25, -0.2) is 18.7 Å². The van der Waals surface area contributed by atoms with Crippen molar-refractivity contribution in [1.29, 1.82) is 0 Å². The van der Waals surface area contributed by atoms with Crippen LogP contribution in [0.2, 0.25) is 0 Å². The molecule has 36 heavy (non-hydrogen) atoms. The zero-order chi connectivity index (χ0) is 25.7. The van der Waals surface area contributed by atoms with Crippen molar-refractivity contribution in [3.8, 4) is 0 Å². The minimum atomic E-state index is -0.933. The van der Waals surface area contributed by atoms with Crippen molar-refractivity contribution in [2.45, 2.75) is 58.6 Å². The summed E-state index contributed by atoms with van der Waals surface area (Å²) in [6.45, 7) is 8.26. The Labute approximate surface area is 211 Å². The van der Waals surface area contributed by atoms with E-state index in [1.54, 1.807) is 0 Å². The second-order valence-corrected chi connectivity index (χ2v) is 9.65. The molecule has 0 aliphatic carbocycles. The molecule has 1 aliphatic heterocycles. The standard InChI is InChI=1S/C29H33F2N3O2/c1-19-13-20(2)15-22(14-19)18-36-12-9-24-16-32-21(3)33-29(24)23-7-10-34(11-8-23)27(17-35)28-25(30)5-4-6-26(28)31/h4-6,13-17,23,27H,7-12,18H2,1-3H3. The molecule has 0 saturated carbocycles. The van der Waals surface area contributed by atoms with E-state index < -0.39 is 17.7 Å². The van der Waals surface area contributed by atoms with E-state index in [1.807, 2.05) is 18.0 Å². The van der Waals surface area contributed by atoms with Gasteiger partial charge in [-0.1, -0.05) is 35.4 Å². The molecule has 0 N–H and O–H groups in total. The fourth-order valence-corrected chi connectivity index (χ4v) is 5.16. The number of carbonyl (C=O) groups is 1. The molecule has 4 rings (SSSR count). The van der Waals surface area contributed by atoms with Crippen molar-refractivity contribution in [1.82, 2.24) is 14.9 Å². The highest BCUT2D eigenvalue weighted by Crippen LogP contribution is 2.34. The molecule has 0 radical (unpaired) electrons. The summed E-state index contributed by atoms with van der Waals surface area (Å²) in [5.74, 6) is -0.478. The summed E-state index contributed by atoms with van der Waals surface area (Å²) in [6.07, 6.45) is 4.71. The van der Waals surface area contributed by atoms with Gasteiger partial charge in [-0.3, -0.25) is 4.90 Å². The van der Waals surface area contributed by atoms with E-state index in [0.717, 1.165) is 29.7 Å². The summed E-state index contributed by atoms with van der Waals surface area (Å²) in [7, 11) is 0. The Morgan fingerprint density at radius 3 is 2.39 bits per heavy atom. The third-order valence-electron chi connectivity index (χ3n) is 6.82. The van der Waals surface area contributed by atoms with Crippen molar-refractivity contribution >= 4 is 6.29 Å². The lowest BCUT2D eigenvalue weighted by atomic mass is 9.89. The molecular formula is C29H33F2N3O2. The van der Waals surface area contributed by atoms with Gasteiger partial charge in [-0.2, -0.15) is 0 Å². The number of aldehydes is 1. The van der Waals surface area contributed by atoms with Gasteiger partial charge in [0, 0.05) is 17.7 Å². The molecule has 190 valence electrons. The fourth-order valence-electron chi connectivity index (χ4n) is 5.16. The van der Waals surface area contributed by atoms with E-state index in [4.69, 9.17) is 9.72 Å². The Morgan fingerprint density at radius 1 is 1.08 bits per heavy atom. The van der Waals surface area contributed by atoms with Crippen LogP contribution >= 0.6 is 0 Å². The topological polar surface area (TPSA) is 55.3 Å². The van der Waals surface area contributed by atoms with Crippen LogP contribution < -0.4 is 0 Å². The third-order valence-corrected chi connectivity index (χ3v) is 6.82. The Kier molecular flexibility index (Phi) is 8.54. The summed E-state index contributed by atoms with van der Waals surface area (Å²) in [4.78, 5) is 22.9. The number of halogens is 2. The molecular weight excluding hydrogens is 460 g/mol. The molecule has 1 unspecified atom stereocenters. The maximum absolute atomic E-state index is 14.3. The predicted molar refractivity (Wildman–Crippen MR) is 135 cm³/mol. The van der Waals surface area contributed by atoms with Crippen molar-refractivity contribution in [3.63, 3.8) is 0 Å². The monoisotopic (exact) mass is 493 g/mol. The molecule has 1 aliphatic rings. The van der Waals surface area contributed by atoms with Gasteiger partial charge in [0.1, 0.15) is 23.7 Å². The zero-order valence-corrected chi connectivity index (χ0v) is 21.1.